The summed E-state index contributed by atoms with van der Waals surface area (Å²) in [4.78, 5) is 40.0. The first-order chi connectivity index (χ1) is 18.8. The molecule has 1 heterocycles. The number of nitrogens with one attached hydrogen (secondary N) is 1. The number of amides is 2. The number of hydrogen-bond acceptors (Lipinski definition) is 6. The van der Waals surface area contributed by atoms with Crippen LogP contribution in [0.2, 0.25) is 5.02 Å². The monoisotopic (exact) mass is 542 g/mol. The minimum atomic E-state index is -0.758. The van der Waals surface area contributed by atoms with E-state index in [0.29, 0.717) is 28.3 Å². The number of tetrazole rings is 1. The molecule has 10 heteroatoms. The first-order valence-electron chi connectivity index (χ1n) is 12.2. The van der Waals surface area contributed by atoms with E-state index in [4.69, 9.17) is 11.6 Å². The van der Waals surface area contributed by atoms with Gasteiger partial charge in [0.1, 0.15) is 6.33 Å². The van der Waals surface area contributed by atoms with Crippen molar-refractivity contribution in [3.8, 4) is 5.69 Å². The second-order valence-electron chi connectivity index (χ2n) is 9.08. The molecule has 198 valence electrons. The normalized spacial score (nSPS) is 11.8. The summed E-state index contributed by atoms with van der Waals surface area (Å²) in [5.74, 6) is -0.694. The summed E-state index contributed by atoms with van der Waals surface area (Å²) >= 11 is 6.17. The highest BCUT2D eigenvalue weighted by atomic mass is 35.5. The Labute approximate surface area is 231 Å². The summed E-state index contributed by atoms with van der Waals surface area (Å²) in [6.45, 7) is 0. The van der Waals surface area contributed by atoms with Crippen molar-refractivity contribution in [3.63, 3.8) is 0 Å². The lowest BCUT2D eigenvalue weighted by Gasteiger charge is -2.17. The number of halogens is 1. The predicted molar refractivity (Wildman–Crippen MR) is 148 cm³/mol. The molecule has 1 unspecified atom stereocenters. The van der Waals surface area contributed by atoms with E-state index in [1.807, 2.05) is 30.3 Å². The van der Waals surface area contributed by atoms with Gasteiger partial charge in [0.05, 0.1) is 11.7 Å². The Bertz CT molecular complexity index is 1470. The molecule has 9 nitrogen and oxygen atoms in total. The summed E-state index contributed by atoms with van der Waals surface area (Å²) in [5, 5.41) is 14.5. The molecule has 0 bridgehead atoms. The number of aromatic nitrogens is 4. The van der Waals surface area contributed by atoms with Crippen LogP contribution in [0.25, 0.3) is 11.8 Å². The van der Waals surface area contributed by atoms with Crippen molar-refractivity contribution in [3.05, 3.63) is 112 Å². The van der Waals surface area contributed by atoms with Crippen LogP contribution in [0.15, 0.2) is 85.2 Å². The molecule has 0 radical (unpaired) electrons. The Morgan fingerprint density at radius 1 is 1.00 bits per heavy atom. The quantitative estimate of drug-likeness (QED) is 0.307. The Hall–Kier alpha value is -4.63. The van der Waals surface area contributed by atoms with Gasteiger partial charge in [-0.3, -0.25) is 14.4 Å². The molecule has 0 fully saturated rings. The van der Waals surface area contributed by atoms with E-state index < -0.39 is 11.9 Å². The third-order valence-electron chi connectivity index (χ3n) is 5.97. The van der Waals surface area contributed by atoms with Crippen LogP contribution in [0.4, 0.5) is 0 Å². The van der Waals surface area contributed by atoms with E-state index in [1.54, 1.807) is 62.6 Å². The fourth-order valence-corrected chi connectivity index (χ4v) is 4.15. The maximum Gasteiger partial charge on any atom is 0.253 e. The molecular formula is C29H27ClN6O3. The number of Topliss-reactive ketones (excluding diaryl/α,β-unsaturated/α-hetero) is 1. The first kappa shape index (κ1) is 27.4. The molecule has 0 aliphatic carbocycles. The number of rotatable bonds is 10. The smallest absolute Gasteiger partial charge is 0.253 e. The highest BCUT2D eigenvalue weighted by Crippen LogP contribution is 2.20. The average Bonchev–Trinajstić information content (AvgIpc) is 3.47. The summed E-state index contributed by atoms with van der Waals surface area (Å²) in [7, 11) is 3.37. The summed E-state index contributed by atoms with van der Waals surface area (Å²) in [6, 6.07) is 20.8. The summed E-state index contributed by atoms with van der Waals surface area (Å²) in [6.07, 6.45) is 4.84. The SMILES string of the molecule is CN(C)C(=O)c1ccc(CC(=O)C(Cc2ccccc2)NC(=O)C=Cc2cc(Cl)ccc2-n2cnnn2)cc1. The number of ketones is 1. The number of benzene rings is 3. The van der Waals surface area contributed by atoms with Gasteiger partial charge in [0, 0.05) is 42.7 Å². The minimum absolute atomic E-state index is 0.107. The molecule has 39 heavy (non-hydrogen) atoms. The maximum absolute atomic E-state index is 13.4. The van der Waals surface area contributed by atoms with E-state index in [-0.39, 0.29) is 18.1 Å². The van der Waals surface area contributed by atoms with Crippen molar-refractivity contribution in [1.29, 1.82) is 0 Å². The van der Waals surface area contributed by atoms with E-state index in [0.717, 1.165) is 11.1 Å². The van der Waals surface area contributed by atoms with Crippen molar-refractivity contribution in [1.82, 2.24) is 30.4 Å². The number of carbonyl (C=O) groups excluding carboxylic acids is 3. The summed E-state index contributed by atoms with van der Waals surface area (Å²) < 4.78 is 1.47. The van der Waals surface area contributed by atoms with Gasteiger partial charge in [-0.1, -0.05) is 54.1 Å². The van der Waals surface area contributed by atoms with Crippen LogP contribution in [-0.2, 0) is 22.4 Å². The van der Waals surface area contributed by atoms with Gasteiger partial charge in [-0.2, -0.15) is 4.68 Å². The largest absolute Gasteiger partial charge is 0.345 e. The summed E-state index contributed by atoms with van der Waals surface area (Å²) in [5.41, 5.74) is 3.48. The molecule has 4 aromatic rings. The minimum Gasteiger partial charge on any atom is -0.345 e. The van der Waals surface area contributed by atoms with Crippen molar-refractivity contribution >= 4 is 35.3 Å². The van der Waals surface area contributed by atoms with Crippen LogP contribution in [0, 0.1) is 0 Å². The van der Waals surface area contributed by atoms with Crippen LogP contribution in [-0.4, -0.2) is 62.8 Å². The predicted octanol–water partition coefficient (Wildman–Crippen LogP) is 3.57. The van der Waals surface area contributed by atoms with Gasteiger partial charge >= 0.3 is 0 Å². The third-order valence-corrected chi connectivity index (χ3v) is 6.21. The molecule has 0 saturated carbocycles. The van der Waals surface area contributed by atoms with Crippen molar-refractivity contribution in [2.75, 3.05) is 14.1 Å². The first-order valence-corrected chi connectivity index (χ1v) is 12.6. The molecule has 0 aliphatic rings. The van der Waals surface area contributed by atoms with Gasteiger partial charge in [0.25, 0.3) is 5.91 Å². The van der Waals surface area contributed by atoms with Gasteiger partial charge in [-0.25, -0.2) is 0 Å². The Morgan fingerprint density at radius 3 is 2.41 bits per heavy atom. The molecule has 1 atom stereocenters. The zero-order valence-electron chi connectivity index (χ0n) is 21.5. The molecular weight excluding hydrogens is 516 g/mol. The zero-order valence-corrected chi connectivity index (χ0v) is 22.2. The van der Waals surface area contributed by atoms with Gasteiger partial charge in [-0.15, -0.1) is 5.10 Å². The van der Waals surface area contributed by atoms with Crippen molar-refractivity contribution in [2.45, 2.75) is 18.9 Å². The highest BCUT2D eigenvalue weighted by molar-refractivity contribution is 6.30. The molecule has 1 N–H and O–H groups in total. The number of carbonyl (C=O) groups is 3. The zero-order chi connectivity index (χ0) is 27.8. The second-order valence-corrected chi connectivity index (χ2v) is 9.52. The number of hydrogen-bond donors (Lipinski definition) is 1. The van der Waals surface area contributed by atoms with Crippen LogP contribution < -0.4 is 5.32 Å². The fraction of sp³-hybridized carbons (Fsp3) is 0.172. The van der Waals surface area contributed by atoms with E-state index in [2.05, 4.69) is 20.8 Å². The molecule has 1 aromatic heterocycles. The van der Waals surface area contributed by atoms with Crippen LogP contribution in [0.5, 0.6) is 0 Å². The molecule has 3 aromatic carbocycles. The topological polar surface area (TPSA) is 110 Å². The van der Waals surface area contributed by atoms with E-state index in [1.165, 1.54) is 22.0 Å². The maximum atomic E-state index is 13.4. The second kappa shape index (κ2) is 12.7. The number of nitrogens with zero attached hydrogens (tertiary/aromatic N) is 5. The third kappa shape index (κ3) is 7.45. The molecule has 0 saturated heterocycles. The van der Waals surface area contributed by atoms with Gasteiger partial charge < -0.3 is 10.2 Å². The van der Waals surface area contributed by atoms with Crippen LogP contribution in [0.1, 0.15) is 27.0 Å². The Kier molecular flexibility index (Phi) is 8.96. The lowest BCUT2D eigenvalue weighted by atomic mass is 9.97. The average molecular weight is 543 g/mol. The Morgan fingerprint density at radius 2 is 1.74 bits per heavy atom. The van der Waals surface area contributed by atoms with Gasteiger partial charge in [-0.05, 0) is 64.4 Å². The standard InChI is InChI=1S/C29H27ClN6O3/c1-35(2)29(39)22-10-8-21(9-11-22)17-27(37)25(16-20-6-4-3-5-7-20)32-28(38)15-12-23-18-24(30)13-14-26(23)36-19-31-33-34-36/h3-15,18-19,25H,16-17H2,1-2H3,(H,32,38). The van der Waals surface area contributed by atoms with Crippen LogP contribution >= 0.6 is 11.6 Å². The molecule has 0 spiro atoms. The van der Waals surface area contributed by atoms with E-state index >= 15 is 0 Å². The molecule has 4 rings (SSSR count). The van der Waals surface area contributed by atoms with Gasteiger partial charge in [0.2, 0.25) is 5.91 Å². The fourth-order valence-electron chi connectivity index (χ4n) is 3.97. The Balaban J connectivity index is 1.50. The molecule has 2 amide bonds. The lowest BCUT2D eigenvalue weighted by Crippen LogP contribution is -2.42. The van der Waals surface area contributed by atoms with Crippen molar-refractivity contribution < 1.29 is 14.4 Å². The van der Waals surface area contributed by atoms with Gasteiger partial charge in [0.15, 0.2) is 5.78 Å². The van der Waals surface area contributed by atoms with E-state index in [9.17, 15) is 14.4 Å². The lowest BCUT2D eigenvalue weighted by molar-refractivity contribution is -0.125. The van der Waals surface area contributed by atoms with Crippen LogP contribution in [0.3, 0.4) is 0 Å². The highest BCUT2D eigenvalue weighted by Gasteiger charge is 2.21. The van der Waals surface area contributed by atoms with Crippen molar-refractivity contribution in [2.24, 2.45) is 0 Å². The molecule has 0 aliphatic heterocycles.